The summed E-state index contributed by atoms with van der Waals surface area (Å²) in [5.74, 6) is 0.975. The lowest BCUT2D eigenvalue weighted by atomic mass is 10.1. The molecule has 0 spiro atoms. The molecule has 0 unspecified atom stereocenters. The highest BCUT2D eigenvalue weighted by Gasteiger charge is 2.26. The second-order valence-corrected chi connectivity index (χ2v) is 7.16. The summed E-state index contributed by atoms with van der Waals surface area (Å²) in [6, 6.07) is 5.20. The van der Waals surface area contributed by atoms with Gasteiger partial charge in [-0.25, -0.2) is 0 Å². The molecule has 1 fully saturated rings. The molecule has 3 rings (SSSR count). The van der Waals surface area contributed by atoms with Crippen molar-refractivity contribution in [2.24, 2.45) is 7.05 Å². The molecule has 168 valence electrons. The zero-order valence-electron chi connectivity index (χ0n) is 18.4. The number of methoxy groups -OCH3 is 3. The Hall–Kier alpha value is -3.27. The van der Waals surface area contributed by atoms with Gasteiger partial charge in [-0.15, -0.1) is 5.10 Å². The number of para-hydroxylation sites is 1. The van der Waals surface area contributed by atoms with Crippen LogP contribution in [0.3, 0.4) is 0 Å². The Balaban J connectivity index is 1.48. The summed E-state index contributed by atoms with van der Waals surface area (Å²) in [4.78, 5) is 29.3. The minimum Gasteiger partial charge on any atom is -0.493 e. The van der Waals surface area contributed by atoms with E-state index in [9.17, 15) is 9.59 Å². The van der Waals surface area contributed by atoms with Crippen LogP contribution in [0.1, 0.15) is 20.7 Å². The Bertz CT molecular complexity index is 921. The highest BCUT2D eigenvalue weighted by Crippen LogP contribution is 2.30. The molecule has 0 radical (unpaired) electrons. The first-order valence-corrected chi connectivity index (χ1v) is 10.1. The lowest BCUT2D eigenvalue weighted by Gasteiger charge is -2.34. The van der Waals surface area contributed by atoms with Crippen molar-refractivity contribution in [3.05, 3.63) is 35.5 Å². The van der Waals surface area contributed by atoms with Crippen molar-refractivity contribution in [2.45, 2.75) is 0 Å². The first kappa shape index (κ1) is 22.4. The molecule has 1 aliphatic heterocycles. The molecule has 2 aromatic rings. The number of rotatable bonds is 8. The highest BCUT2D eigenvalue weighted by molar-refractivity contribution is 5.98. The third kappa shape index (κ3) is 5.08. The van der Waals surface area contributed by atoms with E-state index in [1.54, 1.807) is 41.0 Å². The number of aromatic nitrogens is 2. The van der Waals surface area contributed by atoms with E-state index >= 15 is 0 Å². The van der Waals surface area contributed by atoms with Gasteiger partial charge in [0.15, 0.2) is 11.5 Å². The fraction of sp³-hybridized carbons (Fsp3) is 0.476. The summed E-state index contributed by atoms with van der Waals surface area (Å²) >= 11 is 0. The number of nitrogens with one attached hydrogen (secondary N) is 1. The molecule has 0 aliphatic carbocycles. The van der Waals surface area contributed by atoms with Gasteiger partial charge in [-0.2, -0.15) is 0 Å². The van der Waals surface area contributed by atoms with Crippen molar-refractivity contribution in [1.82, 2.24) is 24.9 Å². The monoisotopic (exact) mass is 431 g/mol. The number of nitrogens with zero attached hydrogens (tertiary/aromatic N) is 4. The van der Waals surface area contributed by atoms with Crippen LogP contribution in [-0.4, -0.2) is 92.0 Å². The largest absolute Gasteiger partial charge is 0.493 e. The SMILES string of the molecule is COc1cccc(C(=O)NCCN2CCN(C(=O)c3cn(C)nc3OC)CC2)c1OC. The second-order valence-electron chi connectivity index (χ2n) is 7.16. The molecule has 31 heavy (non-hydrogen) atoms. The van der Waals surface area contributed by atoms with E-state index in [0.29, 0.717) is 54.7 Å². The molecule has 10 nitrogen and oxygen atoms in total. The lowest BCUT2D eigenvalue weighted by molar-refractivity contribution is 0.0634. The molecule has 1 N–H and O–H groups in total. The van der Waals surface area contributed by atoms with E-state index in [4.69, 9.17) is 14.2 Å². The average molecular weight is 431 g/mol. The number of aryl methyl sites for hydroxylation is 1. The topological polar surface area (TPSA) is 98.2 Å². The molecule has 1 aromatic carbocycles. The molecule has 2 amide bonds. The van der Waals surface area contributed by atoms with Crippen molar-refractivity contribution in [2.75, 3.05) is 60.6 Å². The zero-order valence-corrected chi connectivity index (χ0v) is 18.4. The first-order valence-electron chi connectivity index (χ1n) is 10.1. The average Bonchev–Trinajstić information content (AvgIpc) is 3.18. The number of carbonyl (C=O) groups excluding carboxylic acids is 2. The Morgan fingerprint density at radius 1 is 1.03 bits per heavy atom. The third-order valence-corrected chi connectivity index (χ3v) is 5.24. The number of hydrogen-bond acceptors (Lipinski definition) is 7. The van der Waals surface area contributed by atoms with Crippen LogP contribution >= 0.6 is 0 Å². The molecule has 10 heteroatoms. The van der Waals surface area contributed by atoms with Crippen molar-refractivity contribution in [3.8, 4) is 17.4 Å². The molecule has 1 aliphatic rings. The van der Waals surface area contributed by atoms with Gasteiger partial charge >= 0.3 is 0 Å². The fourth-order valence-corrected chi connectivity index (χ4v) is 3.60. The van der Waals surface area contributed by atoms with Crippen LogP contribution in [0.25, 0.3) is 0 Å². The second kappa shape index (κ2) is 10.2. The van der Waals surface area contributed by atoms with Crippen LogP contribution in [0.15, 0.2) is 24.4 Å². The molecular weight excluding hydrogens is 402 g/mol. The summed E-state index contributed by atoms with van der Waals surface area (Å²) in [6.07, 6.45) is 1.68. The van der Waals surface area contributed by atoms with Crippen LogP contribution in [0.4, 0.5) is 0 Å². The van der Waals surface area contributed by atoms with E-state index in [0.717, 1.165) is 13.1 Å². The predicted molar refractivity (Wildman–Crippen MR) is 114 cm³/mol. The number of amides is 2. The van der Waals surface area contributed by atoms with Gasteiger partial charge in [0.2, 0.25) is 5.88 Å². The van der Waals surface area contributed by atoms with Crippen LogP contribution in [0.2, 0.25) is 0 Å². The zero-order chi connectivity index (χ0) is 22.4. The number of piperazine rings is 1. The van der Waals surface area contributed by atoms with Gasteiger partial charge in [0.1, 0.15) is 5.56 Å². The van der Waals surface area contributed by atoms with Crippen LogP contribution in [-0.2, 0) is 7.05 Å². The molecule has 2 heterocycles. The van der Waals surface area contributed by atoms with Crippen molar-refractivity contribution >= 4 is 11.8 Å². The first-order chi connectivity index (χ1) is 15.0. The lowest BCUT2D eigenvalue weighted by Crippen LogP contribution is -2.50. The number of ether oxygens (including phenoxy) is 3. The molecule has 0 atom stereocenters. The van der Waals surface area contributed by atoms with E-state index in [1.807, 2.05) is 0 Å². The van der Waals surface area contributed by atoms with E-state index in [-0.39, 0.29) is 11.8 Å². The van der Waals surface area contributed by atoms with Gasteiger partial charge in [-0.1, -0.05) is 6.07 Å². The Labute approximate surface area is 181 Å². The smallest absolute Gasteiger partial charge is 0.261 e. The molecule has 0 saturated carbocycles. The maximum atomic E-state index is 12.8. The number of hydrogen-bond donors (Lipinski definition) is 1. The standard InChI is InChI=1S/C21H29N5O5/c1-24-14-16(20(23-24)31-4)21(28)26-12-10-25(11-13-26)9-8-22-19(27)15-6-5-7-17(29-2)18(15)30-3/h5-7,14H,8-13H2,1-4H3,(H,22,27). The number of carbonyl (C=O) groups is 2. The normalized spacial score (nSPS) is 14.3. The quantitative estimate of drug-likeness (QED) is 0.655. The Kier molecular flexibility index (Phi) is 7.35. The minimum absolute atomic E-state index is 0.0805. The third-order valence-electron chi connectivity index (χ3n) is 5.24. The summed E-state index contributed by atoms with van der Waals surface area (Å²) < 4.78 is 17.3. The maximum absolute atomic E-state index is 12.8. The van der Waals surface area contributed by atoms with Crippen molar-refractivity contribution in [3.63, 3.8) is 0 Å². The van der Waals surface area contributed by atoms with Gasteiger partial charge in [0.25, 0.3) is 11.8 Å². The highest BCUT2D eigenvalue weighted by atomic mass is 16.5. The summed E-state index contributed by atoms with van der Waals surface area (Å²) in [7, 11) is 6.31. The van der Waals surface area contributed by atoms with Crippen molar-refractivity contribution in [1.29, 1.82) is 0 Å². The summed E-state index contributed by atoms with van der Waals surface area (Å²) in [5, 5.41) is 7.07. The fourth-order valence-electron chi connectivity index (χ4n) is 3.60. The van der Waals surface area contributed by atoms with Gasteiger partial charge in [-0.05, 0) is 12.1 Å². The van der Waals surface area contributed by atoms with Gasteiger partial charge < -0.3 is 24.4 Å². The minimum atomic E-state index is -0.215. The molecule has 1 aromatic heterocycles. The summed E-state index contributed by atoms with van der Waals surface area (Å²) in [6.45, 7) is 3.85. The van der Waals surface area contributed by atoms with Gasteiger partial charge in [0.05, 0.1) is 26.9 Å². The van der Waals surface area contributed by atoms with E-state index in [1.165, 1.54) is 21.3 Å². The predicted octanol–water partition coefficient (Wildman–Crippen LogP) is 0.634. The number of benzene rings is 1. The van der Waals surface area contributed by atoms with Crippen LogP contribution in [0, 0.1) is 0 Å². The van der Waals surface area contributed by atoms with E-state index < -0.39 is 0 Å². The molecule has 1 saturated heterocycles. The van der Waals surface area contributed by atoms with Crippen molar-refractivity contribution < 1.29 is 23.8 Å². The Morgan fingerprint density at radius 3 is 2.42 bits per heavy atom. The Morgan fingerprint density at radius 2 is 1.77 bits per heavy atom. The van der Waals surface area contributed by atoms with Gasteiger partial charge in [0, 0.05) is 52.5 Å². The van der Waals surface area contributed by atoms with E-state index in [2.05, 4.69) is 15.3 Å². The molecular formula is C21H29N5O5. The van der Waals surface area contributed by atoms with Crippen LogP contribution in [0.5, 0.6) is 17.4 Å². The van der Waals surface area contributed by atoms with Crippen LogP contribution < -0.4 is 19.5 Å². The van der Waals surface area contributed by atoms with Gasteiger partial charge in [-0.3, -0.25) is 19.2 Å². The molecule has 0 bridgehead atoms. The maximum Gasteiger partial charge on any atom is 0.261 e. The summed E-state index contributed by atoms with van der Waals surface area (Å²) in [5.41, 5.74) is 0.903.